The molecule has 3 heterocycles. The molecule has 10 heteroatoms. The number of anilines is 1. The number of thiophene rings is 1. The van der Waals surface area contributed by atoms with Gasteiger partial charge in [-0.3, -0.25) is 4.79 Å². The first-order chi connectivity index (χ1) is 13.5. The van der Waals surface area contributed by atoms with Crippen LogP contribution in [0.2, 0.25) is 0 Å². The molecule has 1 N–H and O–H groups in total. The van der Waals surface area contributed by atoms with E-state index >= 15 is 0 Å². The molecule has 0 fully saturated rings. The average Bonchev–Trinajstić information content (AvgIpc) is 3.26. The molecule has 0 aliphatic heterocycles. The molecular weight excluding hydrogens is 398 g/mol. The largest absolute Gasteiger partial charge is 0.462 e. The number of carbonyl (C=O) groups excluding carboxylic acids is 2. The molecule has 0 unspecified atom stereocenters. The Bertz CT molecular complexity index is 982. The predicted octanol–water partition coefficient (Wildman–Crippen LogP) is 3.25. The van der Waals surface area contributed by atoms with E-state index in [1.54, 1.807) is 29.1 Å². The molecule has 0 saturated heterocycles. The Morgan fingerprint density at radius 2 is 2.07 bits per heavy atom. The molecule has 0 spiro atoms. The van der Waals surface area contributed by atoms with Crippen LogP contribution in [0.3, 0.4) is 0 Å². The summed E-state index contributed by atoms with van der Waals surface area (Å²) in [6.07, 6.45) is 0. The topological polar surface area (TPSA) is 99.0 Å². The van der Waals surface area contributed by atoms with Gasteiger partial charge in [0.25, 0.3) is 0 Å². The van der Waals surface area contributed by atoms with Gasteiger partial charge >= 0.3 is 5.97 Å². The molecule has 0 radical (unpaired) electrons. The predicted molar refractivity (Wildman–Crippen MR) is 108 cm³/mol. The van der Waals surface area contributed by atoms with Gasteiger partial charge in [0, 0.05) is 5.69 Å². The first kappa shape index (κ1) is 20.0. The first-order valence-electron chi connectivity index (χ1n) is 8.52. The van der Waals surface area contributed by atoms with E-state index in [0.717, 1.165) is 11.4 Å². The van der Waals surface area contributed by atoms with Gasteiger partial charge in [-0.2, -0.15) is 5.10 Å². The number of aryl methyl sites for hydroxylation is 2. The average molecular weight is 418 g/mol. The van der Waals surface area contributed by atoms with Crippen LogP contribution in [0.4, 0.5) is 5.00 Å². The molecule has 0 atom stereocenters. The van der Waals surface area contributed by atoms with E-state index < -0.39 is 5.97 Å². The number of hydrogen-bond donors (Lipinski definition) is 1. The lowest BCUT2D eigenvalue weighted by molar-refractivity contribution is -0.113. The summed E-state index contributed by atoms with van der Waals surface area (Å²) in [5, 5.41) is 18.3. The molecule has 1 amide bonds. The Morgan fingerprint density at radius 3 is 2.71 bits per heavy atom. The Hall–Kier alpha value is -2.72. The zero-order chi connectivity index (χ0) is 20.1. The summed E-state index contributed by atoms with van der Waals surface area (Å²) in [5.74, 6) is 0.0884. The number of ether oxygens (including phenoxy) is 1. The number of hydrogen-bond acceptors (Lipinski definition) is 8. The number of carbonyl (C=O) groups is 2. The summed E-state index contributed by atoms with van der Waals surface area (Å²) >= 11 is 2.54. The summed E-state index contributed by atoms with van der Waals surface area (Å²) in [6, 6.07) is 7.20. The number of esters is 1. The molecular formula is C18H19N5O3S2. The number of rotatable bonds is 7. The van der Waals surface area contributed by atoms with Gasteiger partial charge in [-0.1, -0.05) is 11.8 Å². The number of amides is 1. The zero-order valence-corrected chi connectivity index (χ0v) is 17.3. The van der Waals surface area contributed by atoms with Gasteiger partial charge in [0.15, 0.2) is 5.82 Å². The molecule has 3 rings (SSSR count). The Labute approximate surface area is 170 Å². The van der Waals surface area contributed by atoms with Crippen molar-refractivity contribution in [1.82, 2.24) is 20.0 Å². The first-order valence-corrected chi connectivity index (χ1v) is 10.4. The molecule has 0 bridgehead atoms. The van der Waals surface area contributed by atoms with Gasteiger partial charge < -0.3 is 10.1 Å². The van der Waals surface area contributed by atoms with Crippen molar-refractivity contribution < 1.29 is 14.3 Å². The van der Waals surface area contributed by atoms with Crippen LogP contribution in [0, 0.1) is 13.8 Å². The van der Waals surface area contributed by atoms with E-state index in [1.165, 1.54) is 23.1 Å². The minimum absolute atomic E-state index is 0.147. The highest BCUT2D eigenvalue weighted by molar-refractivity contribution is 7.99. The third-order valence-electron chi connectivity index (χ3n) is 3.62. The van der Waals surface area contributed by atoms with E-state index in [0.29, 0.717) is 21.4 Å². The van der Waals surface area contributed by atoms with E-state index in [-0.39, 0.29) is 18.3 Å². The van der Waals surface area contributed by atoms with Gasteiger partial charge in [-0.15, -0.1) is 21.5 Å². The zero-order valence-electron chi connectivity index (χ0n) is 15.6. The van der Waals surface area contributed by atoms with Crippen LogP contribution in [0.15, 0.2) is 34.7 Å². The lowest BCUT2D eigenvalue weighted by atomic mass is 10.3. The Kier molecular flexibility index (Phi) is 6.42. The van der Waals surface area contributed by atoms with Crippen LogP contribution in [0.25, 0.3) is 5.82 Å². The summed E-state index contributed by atoms with van der Waals surface area (Å²) in [4.78, 5) is 24.1. The highest BCUT2D eigenvalue weighted by Crippen LogP contribution is 2.25. The quantitative estimate of drug-likeness (QED) is 0.465. The second-order valence-corrected chi connectivity index (χ2v) is 7.70. The molecule has 146 valence electrons. The minimum atomic E-state index is -0.447. The van der Waals surface area contributed by atoms with Crippen LogP contribution in [0.1, 0.15) is 28.7 Å². The SMILES string of the molecule is CCOC(=O)c1ccsc1NC(=O)CSc1ccc(-n2nc(C)cc2C)nn1. The van der Waals surface area contributed by atoms with Crippen LogP contribution in [-0.2, 0) is 9.53 Å². The lowest BCUT2D eigenvalue weighted by Gasteiger charge is -2.06. The fourth-order valence-electron chi connectivity index (χ4n) is 2.44. The number of aromatic nitrogens is 4. The van der Waals surface area contributed by atoms with Gasteiger partial charge in [0.05, 0.1) is 23.6 Å². The molecule has 0 aliphatic carbocycles. The van der Waals surface area contributed by atoms with Crippen molar-refractivity contribution in [3.8, 4) is 5.82 Å². The number of nitrogens with zero attached hydrogens (tertiary/aromatic N) is 4. The summed E-state index contributed by atoms with van der Waals surface area (Å²) in [7, 11) is 0. The molecule has 3 aromatic rings. The maximum absolute atomic E-state index is 12.2. The molecule has 8 nitrogen and oxygen atoms in total. The normalized spacial score (nSPS) is 10.7. The standard InChI is InChI=1S/C18H19N5O3S2/c1-4-26-18(25)13-7-8-27-17(13)19-15(24)10-28-16-6-5-14(20-21-16)23-12(3)9-11(2)22-23/h5-9H,4,10H2,1-3H3,(H,19,24). The Balaban J connectivity index is 1.57. The smallest absolute Gasteiger partial charge is 0.341 e. The molecule has 28 heavy (non-hydrogen) atoms. The van der Waals surface area contributed by atoms with Crippen molar-refractivity contribution in [3.63, 3.8) is 0 Å². The number of thioether (sulfide) groups is 1. The lowest BCUT2D eigenvalue weighted by Crippen LogP contribution is -2.16. The van der Waals surface area contributed by atoms with Gasteiger partial charge in [-0.25, -0.2) is 9.48 Å². The van der Waals surface area contributed by atoms with Crippen molar-refractivity contribution in [2.24, 2.45) is 0 Å². The van der Waals surface area contributed by atoms with Crippen molar-refractivity contribution in [3.05, 3.63) is 46.6 Å². The summed E-state index contributed by atoms with van der Waals surface area (Å²) in [5.41, 5.74) is 2.24. The third kappa shape index (κ3) is 4.76. The monoisotopic (exact) mass is 417 g/mol. The molecule has 0 saturated carbocycles. The molecule has 3 aromatic heterocycles. The summed E-state index contributed by atoms with van der Waals surface area (Å²) in [6.45, 7) is 5.88. The van der Waals surface area contributed by atoms with Crippen LogP contribution >= 0.6 is 23.1 Å². The van der Waals surface area contributed by atoms with E-state index in [4.69, 9.17) is 4.74 Å². The maximum atomic E-state index is 12.2. The second-order valence-electron chi connectivity index (χ2n) is 5.79. The van der Waals surface area contributed by atoms with Crippen LogP contribution in [0.5, 0.6) is 0 Å². The van der Waals surface area contributed by atoms with Gasteiger partial charge in [-0.05, 0) is 50.4 Å². The van der Waals surface area contributed by atoms with Crippen molar-refractivity contribution >= 4 is 40.0 Å². The van der Waals surface area contributed by atoms with Crippen molar-refractivity contribution in [2.45, 2.75) is 25.8 Å². The van der Waals surface area contributed by atoms with E-state index in [1.807, 2.05) is 26.0 Å². The van der Waals surface area contributed by atoms with Crippen LogP contribution < -0.4 is 5.32 Å². The van der Waals surface area contributed by atoms with E-state index in [2.05, 4.69) is 20.6 Å². The van der Waals surface area contributed by atoms with Crippen LogP contribution in [-0.4, -0.2) is 44.2 Å². The van der Waals surface area contributed by atoms with Crippen molar-refractivity contribution in [2.75, 3.05) is 17.7 Å². The second kappa shape index (κ2) is 8.98. The highest BCUT2D eigenvalue weighted by atomic mass is 32.2. The summed E-state index contributed by atoms with van der Waals surface area (Å²) < 4.78 is 6.70. The Morgan fingerprint density at radius 1 is 1.25 bits per heavy atom. The third-order valence-corrected chi connectivity index (χ3v) is 5.37. The van der Waals surface area contributed by atoms with E-state index in [9.17, 15) is 9.59 Å². The number of nitrogens with one attached hydrogen (secondary N) is 1. The molecule has 0 aromatic carbocycles. The van der Waals surface area contributed by atoms with Gasteiger partial charge in [0.2, 0.25) is 5.91 Å². The van der Waals surface area contributed by atoms with Gasteiger partial charge in [0.1, 0.15) is 10.0 Å². The van der Waals surface area contributed by atoms with Crippen molar-refractivity contribution in [1.29, 1.82) is 0 Å². The molecule has 0 aliphatic rings. The highest BCUT2D eigenvalue weighted by Gasteiger charge is 2.16. The minimum Gasteiger partial charge on any atom is -0.462 e. The fourth-order valence-corrected chi connectivity index (χ4v) is 3.85. The maximum Gasteiger partial charge on any atom is 0.341 e. The fraction of sp³-hybridized carbons (Fsp3) is 0.278.